The van der Waals surface area contributed by atoms with Crippen LogP contribution in [-0.2, 0) is 20.9 Å². The van der Waals surface area contributed by atoms with Gasteiger partial charge in [0.1, 0.15) is 6.54 Å². The minimum atomic E-state index is -0.481. The van der Waals surface area contributed by atoms with Gasteiger partial charge >= 0.3 is 5.97 Å². The second kappa shape index (κ2) is 9.15. The molecule has 0 saturated carbocycles. The SMILES string of the molecule is COC(=O)Cn1c(=NC(=O)/C=C\c2ccc(OC)c(OC)c2)sc2cc3c(cc21)OCO3. The van der Waals surface area contributed by atoms with Crippen LogP contribution in [0.1, 0.15) is 5.56 Å². The van der Waals surface area contributed by atoms with Crippen molar-refractivity contribution in [3.63, 3.8) is 0 Å². The number of esters is 1. The lowest BCUT2D eigenvalue weighted by atomic mass is 10.2. The number of carbonyl (C=O) groups excluding carboxylic acids is 2. The summed E-state index contributed by atoms with van der Waals surface area (Å²) in [5.74, 6) is 1.38. The van der Waals surface area contributed by atoms with Gasteiger partial charge in [-0.15, -0.1) is 0 Å². The average Bonchev–Trinajstić information content (AvgIpc) is 3.39. The zero-order chi connectivity index (χ0) is 22.7. The van der Waals surface area contributed by atoms with Gasteiger partial charge in [0.2, 0.25) is 6.79 Å². The van der Waals surface area contributed by atoms with Crippen LogP contribution in [0.15, 0.2) is 41.4 Å². The topological polar surface area (TPSA) is 97.6 Å². The number of hydrogen-bond acceptors (Lipinski definition) is 8. The van der Waals surface area contributed by atoms with Crippen LogP contribution in [0.4, 0.5) is 0 Å². The van der Waals surface area contributed by atoms with Crippen LogP contribution in [0.3, 0.4) is 0 Å². The summed E-state index contributed by atoms with van der Waals surface area (Å²) < 4.78 is 28.6. The molecule has 4 rings (SSSR count). The second-order valence-electron chi connectivity index (χ2n) is 6.62. The van der Waals surface area contributed by atoms with Crippen LogP contribution < -0.4 is 23.7 Å². The lowest BCUT2D eigenvalue weighted by Gasteiger charge is -2.07. The summed E-state index contributed by atoms with van der Waals surface area (Å²) in [7, 11) is 4.40. The number of hydrogen-bond donors (Lipinski definition) is 0. The number of rotatable bonds is 6. The van der Waals surface area contributed by atoms with Gasteiger partial charge in [-0.25, -0.2) is 0 Å². The van der Waals surface area contributed by atoms with E-state index in [0.29, 0.717) is 33.3 Å². The molecule has 9 nitrogen and oxygen atoms in total. The second-order valence-corrected chi connectivity index (χ2v) is 7.63. The van der Waals surface area contributed by atoms with Crippen molar-refractivity contribution in [1.29, 1.82) is 0 Å². The first-order valence-electron chi connectivity index (χ1n) is 9.51. The molecule has 0 radical (unpaired) electrons. The quantitative estimate of drug-likeness (QED) is 0.416. The number of fused-ring (bicyclic) bond motifs is 2. The molecule has 166 valence electrons. The Bertz CT molecular complexity index is 1290. The fraction of sp³-hybridized carbons (Fsp3) is 0.227. The third kappa shape index (κ3) is 4.30. The number of thiazole rings is 1. The van der Waals surface area contributed by atoms with Crippen molar-refractivity contribution in [2.75, 3.05) is 28.1 Å². The summed E-state index contributed by atoms with van der Waals surface area (Å²) in [5, 5.41) is 0. The molecule has 1 aliphatic rings. The third-order valence-electron chi connectivity index (χ3n) is 4.72. The molecule has 0 unspecified atom stereocenters. The average molecular weight is 456 g/mol. The molecule has 0 fully saturated rings. The highest BCUT2D eigenvalue weighted by Gasteiger charge is 2.19. The van der Waals surface area contributed by atoms with Crippen molar-refractivity contribution in [2.24, 2.45) is 4.99 Å². The number of ether oxygens (including phenoxy) is 5. The highest BCUT2D eigenvalue weighted by Crippen LogP contribution is 2.37. The van der Waals surface area contributed by atoms with Gasteiger partial charge in [0.15, 0.2) is 27.8 Å². The first kappa shape index (κ1) is 21.4. The van der Waals surface area contributed by atoms with Crippen molar-refractivity contribution >= 4 is 39.5 Å². The van der Waals surface area contributed by atoms with E-state index in [1.165, 1.54) is 24.5 Å². The molecule has 0 aliphatic carbocycles. The highest BCUT2D eigenvalue weighted by molar-refractivity contribution is 7.16. The van der Waals surface area contributed by atoms with Crippen LogP contribution in [0, 0.1) is 0 Å². The van der Waals surface area contributed by atoms with E-state index in [1.807, 2.05) is 0 Å². The maximum Gasteiger partial charge on any atom is 0.325 e. The molecule has 0 saturated heterocycles. The number of amides is 1. The first-order valence-corrected chi connectivity index (χ1v) is 10.3. The molecule has 3 aromatic rings. The van der Waals surface area contributed by atoms with Crippen LogP contribution >= 0.6 is 11.3 Å². The van der Waals surface area contributed by atoms with Crippen molar-refractivity contribution in [1.82, 2.24) is 4.57 Å². The molecule has 0 spiro atoms. The van der Waals surface area contributed by atoms with Crippen molar-refractivity contribution < 1.29 is 33.3 Å². The highest BCUT2D eigenvalue weighted by atomic mass is 32.1. The summed E-state index contributed by atoms with van der Waals surface area (Å²) in [6.45, 7) is 0.0436. The zero-order valence-electron chi connectivity index (χ0n) is 17.6. The predicted molar refractivity (Wildman–Crippen MR) is 117 cm³/mol. The fourth-order valence-corrected chi connectivity index (χ4v) is 4.19. The van der Waals surface area contributed by atoms with Gasteiger partial charge in [0.25, 0.3) is 5.91 Å². The molecule has 1 aliphatic heterocycles. The van der Waals surface area contributed by atoms with Crippen molar-refractivity contribution in [3.8, 4) is 23.0 Å². The third-order valence-corrected chi connectivity index (χ3v) is 5.76. The Morgan fingerprint density at radius 1 is 1.09 bits per heavy atom. The van der Waals surface area contributed by atoms with Gasteiger partial charge in [0.05, 0.1) is 31.5 Å². The predicted octanol–water partition coefficient (Wildman–Crippen LogP) is 2.76. The van der Waals surface area contributed by atoms with E-state index in [2.05, 4.69) is 4.99 Å². The Morgan fingerprint density at radius 2 is 1.84 bits per heavy atom. The van der Waals surface area contributed by atoms with E-state index in [4.69, 9.17) is 23.7 Å². The van der Waals surface area contributed by atoms with Crippen LogP contribution in [-0.4, -0.2) is 44.6 Å². The zero-order valence-corrected chi connectivity index (χ0v) is 18.4. The van der Waals surface area contributed by atoms with Gasteiger partial charge in [-0.2, -0.15) is 4.99 Å². The maximum atomic E-state index is 12.6. The standard InChI is InChI=1S/C22H20N2O7S/c1-27-15-6-4-13(8-16(15)28-2)5-7-20(25)23-22-24(11-21(26)29-3)14-9-17-18(31-12-30-17)10-19(14)32-22/h4-10H,11-12H2,1-3H3/b7-5-,23-22?. The summed E-state index contributed by atoms with van der Waals surface area (Å²) in [6, 6.07) is 8.86. The van der Waals surface area contributed by atoms with Crippen LogP contribution in [0.5, 0.6) is 23.0 Å². The molecule has 2 aromatic carbocycles. The lowest BCUT2D eigenvalue weighted by molar-refractivity contribution is -0.141. The molecule has 1 amide bonds. The number of benzene rings is 2. The van der Waals surface area contributed by atoms with E-state index in [-0.39, 0.29) is 13.3 Å². The first-order chi connectivity index (χ1) is 15.5. The Labute approximate surface area is 187 Å². The Hall–Kier alpha value is -3.79. The van der Waals surface area contributed by atoms with E-state index < -0.39 is 11.9 Å². The van der Waals surface area contributed by atoms with E-state index in [1.54, 1.807) is 55.2 Å². The van der Waals surface area contributed by atoms with Crippen LogP contribution in [0.25, 0.3) is 16.3 Å². The fourth-order valence-electron chi connectivity index (χ4n) is 3.15. The molecule has 0 atom stereocenters. The number of aromatic nitrogens is 1. The monoisotopic (exact) mass is 456 g/mol. The Balaban J connectivity index is 1.69. The summed E-state index contributed by atoms with van der Waals surface area (Å²) in [4.78, 5) is 29.1. The molecule has 32 heavy (non-hydrogen) atoms. The van der Waals surface area contributed by atoms with E-state index in [9.17, 15) is 9.59 Å². The normalized spacial score (nSPS) is 13.0. The van der Waals surface area contributed by atoms with Gasteiger partial charge in [-0.1, -0.05) is 17.4 Å². The number of nitrogens with zero attached hydrogens (tertiary/aromatic N) is 2. The molecule has 0 N–H and O–H groups in total. The Morgan fingerprint density at radius 3 is 2.56 bits per heavy atom. The molecule has 1 aromatic heterocycles. The van der Waals surface area contributed by atoms with Crippen LogP contribution in [0.2, 0.25) is 0 Å². The lowest BCUT2D eigenvalue weighted by Crippen LogP contribution is -2.22. The molecule has 2 heterocycles. The molecular weight excluding hydrogens is 436 g/mol. The van der Waals surface area contributed by atoms with E-state index >= 15 is 0 Å². The van der Waals surface area contributed by atoms with Gasteiger partial charge < -0.3 is 28.3 Å². The molecule has 10 heteroatoms. The van der Waals surface area contributed by atoms with Gasteiger partial charge in [-0.05, 0) is 23.8 Å². The van der Waals surface area contributed by atoms with Crippen molar-refractivity contribution in [2.45, 2.75) is 6.54 Å². The molecular formula is C22H20N2O7S. The minimum absolute atomic E-state index is 0.0956. The Kier molecular flexibility index (Phi) is 6.13. The smallest absolute Gasteiger partial charge is 0.325 e. The van der Waals surface area contributed by atoms with Gasteiger partial charge in [0, 0.05) is 18.2 Å². The summed E-state index contributed by atoms with van der Waals surface area (Å²) in [5.41, 5.74) is 1.44. The minimum Gasteiger partial charge on any atom is -0.493 e. The largest absolute Gasteiger partial charge is 0.493 e. The summed E-state index contributed by atoms with van der Waals surface area (Å²) in [6.07, 6.45) is 2.97. The van der Waals surface area contributed by atoms with Gasteiger partial charge in [-0.3, -0.25) is 9.59 Å². The molecule has 0 bridgehead atoms. The number of methoxy groups -OCH3 is 3. The maximum absolute atomic E-state index is 12.6. The van der Waals surface area contributed by atoms with E-state index in [0.717, 1.165) is 10.3 Å². The van der Waals surface area contributed by atoms with Crippen molar-refractivity contribution in [3.05, 3.63) is 46.8 Å². The number of carbonyl (C=O) groups is 2. The summed E-state index contributed by atoms with van der Waals surface area (Å²) >= 11 is 1.27.